The molecule has 0 aromatic heterocycles. The molecule has 2 rings (SSSR count). The molecule has 0 aromatic carbocycles. The second-order valence-electron chi connectivity index (χ2n) is 6.67. The van der Waals surface area contributed by atoms with E-state index in [0.29, 0.717) is 0 Å². The van der Waals surface area contributed by atoms with Gasteiger partial charge in [-0.3, -0.25) is 0 Å². The molecule has 0 aliphatic heterocycles. The Balaban J connectivity index is 1.46. The predicted octanol–water partition coefficient (Wildman–Crippen LogP) is 4.68. The number of hydrogen-bond donors (Lipinski definition) is 1. The summed E-state index contributed by atoms with van der Waals surface area (Å²) < 4.78 is 0. The van der Waals surface area contributed by atoms with Gasteiger partial charge < -0.3 is 5.11 Å². The maximum atomic E-state index is 9.93. The Labute approximate surface area is 107 Å². The fourth-order valence-corrected chi connectivity index (χ4v) is 3.24. The lowest BCUT2D eigenvalue weighted by Crippen LogP contribution is -2.08. The molecule has 0 aromatic rings. The monoisotopic (exact) mass is 238 g/mol. The molecule has 2 fully saturated rings. The molecule has 0 saturated heterocycles. The van der Waals surface area contributed by atoms with Gasteiger partial charge in [0.2, 0.25) is 0 Å². The van der Waals surface area contributed by atoms with Crippen LogP contribution in [0, 0.1) is 11.3 Å². The molecule has 1 atom stereocenters. The van der Waals surface area contributed by atoms with E-state index in [9.17, 15) is 5.11 Å². The van der Waals surface area contributed by atoms with Gasteiger partial charge in [-0.05, 0) is 49.9 Å². The number of hydrogen-bond acceptors (Lipinski definition) is 1. The maximum Gasteiger partial charge on any atom is 0.0540 e. The lowest BCUT2D eigenvalue weighted by molar-refractivity contribution is 0.144. The van der Waals surface area contributed by atoms with Crippen molar-refractivity contribution in [1.82, 2.24) is 0 Å². The van der Waals surface area contributed by atoms with Crippen molar-refractivity contribution in [2.75, 3.05) is 0 Å². The highest BCUT2D eigenvalue weighted by Crippen LogP contribution is 2.53. The average molecular weight is 238 g/mol. The predicted molar refractivity (Wildman–Crippen MR) is 73.0 cm³/mol. The SMILES string of the molecule is CCCC1(CCCC(O)CCCC2CC2)CC1. The van der Waals surface area contributed by atoms with Gasteiger partial charge in [-0.2, -0.15) is 0 Å². The summed E-state index contributed by atoms with van der Waals surface area (Å²) in [6.45, 7) is 2.30. The van der Waals surface area contributed by atoms with E-state index in [2.05, 4.69) is 6.92 Å². The number of aliphatic hydroxyl groups excluding tert-OH is 1. The Kier molecular flexibility index (Phi) is 4.90. The van der Waals surface area contributed by atoms with Gasteiger partial charge in [0.15, 0.2) is 0 Å². The molecule has 17 heavy (non-hydrogen) atoms. The average Bonchev–Trinajstić information content (AvgIpc) is 3.16. The van der Waals surface area contributed by atoms with Crippen molar-refractivity contribution in [1.29, 1.82) is 0 Å². The van der Waals surface area contributed by atoms with Gasteiger partial charge in [0.25, 0.3) is 0 Å². The first kappa shape index (κ1) is 13.4. The molecule has 0 heterocycles. The van der Waals surface area contributed by atoms with Crippen molar-refractivity contribution in [3.8, 4) is 0 Å². The molecule has 1 heteroatoms. The number of rotatable bonds is 10. The summed E-state index contributed by atoms with van der Waals surface area (Å²) in [5, 5.41) is 9.93. The topological polar surface area (TPSA) is 20.2 Å². The Hall–Kier alpha value is -0.0400. The summed E-state index contributed by atoms with van der Waals surface area (Å²) in [5.74, 6) is 1.03. The van der Waals surface area contributed by atoms with E-state index in [0.717, 1.165) is 24.2 Å². The highest BCUT2D eigenvalue weighted by atomic mass is 16.3. The molecule has 2 aliphatic carbocycles. The molecule has 1 N–H and O–H groups in total. The minimum absolute atomic E-state index is 0.00817. The highest BCUT2D eigenvalue weighted by Gasteiger charge is 2.40. The molecule has 2 saturated carbocycles. The van der Waals surface area contributed by atoms with Gasteiger partial charge in [-0.25, -0.2) is 0 Å². The van der Waals surface area contributed by atoms with Crippen molar-refractivity contribution in [2.45, 2.75) is 90.1 Å². The van der Waals surface area contributed by atoms with Gasteiger partial charge in [0.05, 0.1) is 6.10 Å². The van der Waals surface area contributed by atoms with Crippen LogP contribution in [-0.2, 0) is 0 Å². The molecular weight excluding hydrogens is 208 g/mol. The molecule has 100 valence electrons. The van der Waals surface area contributed by atoms with Crippen molar-refractivity contribution in [2.24, 2.45) is 11.3 Å². The van der Waals surface area contributed by atoms with E-state index >= 15 is 0 Å². The molecule has 0 amide bonds. The van der Waals surface area contributed by atoms with Gasteiger partial charge in [0.1, 0.15) is 0 Å². The van der Waals surface area contributed by atoms with E-state index in [1.807, 2.05) is 0 Å². The number of aliphatic hydroxyl groups is 1. The minimum atomic E-state index is -0.00817. The first-order valence-corrected chi connectivity index (χ1v) is 7.92. The molecule has 1 unspecified atom stereocenters. The van der Waals surface area contributed by atoms with Crippen LogP contribution in [0.4, 0.5) is 0 Å². The Morgan fingerprint density at radius 3 is 2.41 bits per heavy atom. The van der Waals surface area contributed by atoms with Crippen LogP contribution < -0.4 is 0 Å². The molecule has 2 aliphatic rings. The van der Waals surface area contributed by atoms with Crippen molar-refractivity contribution in [3.63, 3.8) is 0 Å². The molecule has 0 radical (unpaired) electrons. The van der Waals surface area contributed by atoms with E-state index in [1.54, 1.807) is 0 Å². The first-order valence-electron chi connectivity index (χ1n) is 7.92. The standard InChI is InChI=1S/C16H30O/c1-2-10-16(12-13-16)11-4-7-15(17)6-3-5-14-8-9-14/h14-15,17H,2-13H2,1H3. The molecule has 0 spiro atoms. The second-order valence-corrected chi connectivity index (χ2v) is 6.67. The molecule has 0 bridgehead atoms. The fraction of sp³-hybridized carbons (Fsp3) is 1.00. The van der Waals surface area contributed by atoms with Crippen molar-refractivity contribution < 1.29 is 5.11 Å². The van der Waals surface area contributed by atoms with Crippen LogP contribution in [0.5, 0.6) is 0 Å². The third-order valence-electron chi connectivity index (χ3n) is 4.83. The lowest BCUT2D eigenvalue weighted by Gasteiger charge is -2.15. The minimum Gasteiger partial charge on any atom is -0.393 e. The largest absolute Gasteiger partial charge is 0.393 e. The summed E-state index contributed by atoms with van der Waals surface area (Å²) in [4.78, 5) is 0. The van der Waals surface area contributed by atoms with Gasteiger partial charge in [-0.15, -0.1) is 0 Å². The summed E-state index contributed by atoms with van der Waals surface area (Å²) in [7, 11) is 0. The maximum absolute atomic E-state index is 9.93. The van der Waals surface area contributed by atoms with Crippen molar-refractivity contribution in [3.05, 3.63) is 0 Å². The highest BCUT2D eigenvalue weighted by molar-refractivity contribution is 4.92. The van der Waals surface area contributed by atoms with Crippen LogP contribution in [0.25, 0.3) is 0 Å². The van der Waals surface area contributed by atoms with Crippen LogP contribution in [0.15, 0.2) is 0 Å². The zero-order valence-electron chi connectivity index (χ0n) is 11.6. The van der Waals surface area contributed by atoms with Crippen LogP contribution >= 0.6 is 0 Å². The summed E-state index contributed by atoms with van der Waals surface area (Å²) in [6.07, 6.45) is 15.9. The normalized spacial score (nSPS) is 23.6. The Morgan fingerprint density at radius 1 is 1.12 bits per heavy atom. The Bertz CT molecular complexity index is 216. The summed E-state index contributed by atoms with van der Waals surface area (Å²) in [5.41, 5.74) is 0.725. The zero-order valence-corrected chi connectivity index (χ0v) is 11.6. The summed E-state index contributed by atoms with van der Waals surface area (Å²) in [6, 6.07) is 0. The van der Waals surface area contributed by atoms with E-state index in [-0.39, 0.29) is 6.10 Å². The summed E-state index contributed by atoms with van der Waals surface area (Å²) >= 11 is 0. The smallest absolute Gasteiger partial charge is 0.0540 e. The third kappa shape index (κ3) is 4.99. The van der Waals surface area contributed by atoms with Crippen LogP contribution in [0.3, 0.4) is 0 Å². The zero-order chi connectivity index (χ0) is 12.1. The van der Waals surface area contributed by atoms with Gasteiger partial charge >= 0.3 is 0 Å². The second kappa shape index (κ2) is 6.22. The Morgan fingerprint density at radius 2 is 1.82 bits per heavy atom. The third-order valence-corrected chi connectivity index (χ3v) is 4.83. The van der Waals surface area contributed by atoms with E-state index in [4.69, 9.17) is 0 Å². The van der Waals surface area contributed by atoms with E-state index in [1.165, 1.54) is 64.2 Å². The molecule has 1 nitrogen and oxygen atoms in total. The van der Waals surface area contributed by atoms with E-state index < -0.39 is 0 Å². The van der Waals surface area contributed by atoms with Crippen molar-refractivity contribution >= 4 is 0 Å². The quantitative estimate of drug-likeness (QED) is 0.586. The molecular formula is C16H30O. The first-order chi connectivity index (χ1) is 8.24. The fourth-order valence-electron chi connectivity index (χ4n) is 3.24. The van der Waals surface area contributed by atoms with Gasteiger partial charge in [-0.1, -0.05) is 45.4 Å². The van der Waals surface area contributed by atoms with Crippen LogP contribution in [-0.4, -0.2) is 11.2 Å². The van der Waals surface area contributed by atoms with Gasteiger partial charge in [0, 0.05) is 0 Å². The van der Waals surface area contributed by atoms with Crippen LogP contribution in [0.1, 0.15) is 84.0 Å². The van der Waals surface area contributed by atoms with Crippen LogP contribution in [0.2, 0.25) is 0 Å². The lowest BCUT2D eigenvalue weighted by atomic mass is 9.92.